The fourth-order valence-corrected chi connectivity index (χ4v) is 3.96. The molecule has 2 aromatic heterocycles. The normalized spacial score (nSPS) is 11.5. The second-order valence-electron chi connectivity index (χ2n) is 9.84. The van der Waals surface area contributed by atoms with Crippen LogP contribution in [0.4, 0.5) is 5.69 Å². The number of imidazole rings is 1. The van der Waals surface area contributed by atoms with Crippen LogP contribution in [0.2, 0.25) is 5.02 Å². The van der Waals surface area contributed by atoms with Crippen LogP contribution in [0.15, 0.2) is 89.8 Å². The van der Waals surface area contributed by atoms with Gasteiger partial charge in [-0.1, -0.05) is 61.8 Å². The molecular weight excluding hydrogens is 486 g/mol. The summed E-state index contributed by atoms with van der Waals surface area (Å²) < 4.78 is 7.34. The molecule has 186 valence electrons. The van der Waals surface area contributed by atoms with Crippen LogP contribution in [-0.4, -0.2) is 25.6 Å². The quantitative estimate of drug-likeness (QED) is 0.269. The maximum Gasteiger partial charge on any atom is 0.278 e. The molecule has 0 aliphatic heterocycles. The van der Waals surface area contributed by atoms with Crippen molar-refractivity contribution in [3.63, 3.8) is 0 Å². The number of rotatable bonds is 6. The second kappa shape index (κ2) is 10.0. The van der Waals surface area contributed by atoms with E-state index in [2.05, 4.69) is 41.2 Å². The molecule has 0 bridgehead atoms. The lowest BCUT2D eigenvalue weighted by Gasteiger charge is -2.19. The molecule has 0 radical (unpaired) electrons. The molecule has 5 rings (SSSR count). The number of aromatic nitrogens is 4. The summed E-state index contributed by atoms with van der Waals surface area (Å²) in [7, 11) is 0. The first-order valence-electron chi connectivity index (χ1n) is 11.9. The third-order valence-electron chi connectivity index (χ3n) is 5.97. The molecule has 0 saturated heterocycles. The van der Waals surface area contributed by atoms with E-state index in [1.165, 1.54) is 5.56 Å². The van der Waals surface area contributed by atoms with E-state index in [1.54, 1.807) is 18.5 Å². The van der Waals surface area contributed by atoms with Gasteiger partial charge in [0.2, 0.25) is 5.82 Å². The number of nitrogens with zero attached hydrogens (tertiary/aromatic N) is 4. The molecule has 8 heteroatoms. The van der Waals surface area contributed by atoms with E-state index >= 15 is 0 Å². The molecular formula is C29H26ClN5O2. The average molecular weight is 512 g/mol. The van der Waals surface area contributed by atoms with Gasteiger partial charge in [-0.15, -0.1) is 0 Å². The summed E-state index contributed by atoms with van der Waals surface area (Å²) in [5, 5.41) is 7.65. The number of carbonyl (C=O) groups excluding carboxylic acids is 1. The lowest BCUT2D eigenvalue weighted by molar-refractivity contribution is 0.102. The van der Waals surface area contributed by atoms with E-state index in [9.17, 15) is 4.79 Å². The highest BCUT2D eigenvalue weighted by Gasteiger charge is 2.15. The monoisotopic (exact) mass is 511 g/mol. The Balaban J connectivity index is 1.21. The zero-order valence-electron chi connectivity index (χ0n) is 20.8. The molecule has 3 aromatic carbocycles. The van der Waals surface area contributed by atoms with Crippen molar-refractivity contribution in [3.8, 4) is 23.0 Å². The van der Waals surface area contributed by atoms with Crippen molar-refractivity contribution in [2.45, 2.75) is 32.7 Å². The van der Waals surface area contributed by atoms with E-state index in [4.69, 9.17) is 16.1 Å². The first kappa shape index (κ1) is 24.5. The van der Waals surface area contributed by atoms with Crippen molar-refractivity contribution >= 4 is 23.2 Å². The highest BCUT2D eigenvalue weighted by atomic mass is 35.5. The van der Waals surface area contributed by atoms with E-state index in [0.29, 0.717) is 34.5 Å². The average Bonchev–Trinajstić information content (AvgIpc) is 3.55. The molecule has 7 nitrogen and oxygen atoms in total. The van der Waals surface area contributed by atoms with E-state index < -0.39 is 0 Å². The van der Waals surface area contributed by atoms with Gasteiger partial charge in [-0.05, 0) is 65.1 Å². The Morgan fingerprint density at radius 3 is 2.35 bits per heavy atom. The van der Waals surface area contributed by atoms with Crippen LogP contribution in [0.1, 0.15) is 42.3 Å². The molecule has 37 heavy (non-hydrogen) atoms. The van der Waals surface area contributed by atoms with Crippen molar-refractivity contribution < 1.29 is 9.32 Å². The minimum absolute atomic E-state index is 0.0482. The summed E-state index contributed by atoms with van der Waals surface area (Å²) in [5.41, 5.74) is 5.07. The van der Waals surface area contributed by atoms with Gasteiger partial charge in [0.1, 0.15) is 5.69 Å². The van der Waals surface area contributed by atoms with Crippen LogP contribution in [0.25, 0.3) is 23.0 Å². The number of carbonyl (C=O) groups is 1. The van der Waals surface area contributed by atoms with Crippen molar-refractivity contribution in [1.29, 1.82) is 0 Å². The van der Waals surface area contributed by atoms with Crippen LogP contribution in [0.3, 0.4) is 0 Å². The maximum absolute atomic E-state index is 12.6. The Morgan fingerprint density at radius 1 is 0.973 bits per heavy atom. The van der Waals surface area contributed by atoms with Gasteiger partial charge in [0.25, 0.3) is 11.8 Å². The number of nitrogens with one attached hydrogen (secondary N) is 1. The zero-order chi connectivity index (χ0) is 26.0. The summed E-state index contributed by atoms with van der Waals surface area (Å²) in [6.07, 6.45) is 3.58. The Labute approximate surface area is 220 Å². The molecule has 1 N–H and O–H groups in total. The van der Waals surface area contributed by atoms with Crippen LogP contribution >= 0.6 is 11.6 Å². The number of halogens is 1. The molecule has 0 saturated carbocycles. The first-order chi connectivity index (χ1) is 17.7. The SMILES string of the molecule is CC(C)(C)c1ccc(C(=O)Nc2ccc(Cn3cnc(-c4nc(-c5ccc(Cl)cc5)no4)c3)cc2)cc1. The number of amides is 1. The van der Waals surface area contributed by atoms with Gasteiger partial charge in [-0.25, -0.2) is 4.98 Å². The minimum Gasteiger partial charge on any atom is -0.332 e. The summed E-state index contributed by atoms with van der Waals surface area (Å²) in [5.74, 6) is 0.686. The third-order valence-corrected chi connectivity index (χ3v) is 6.22. The molecule has 1 amide bonds. The highest BCUT2D eigenvalue weighted by Crippen LogP contribution is 2.24. The third kappa shape index (κ3) is 5.78. The Bertz CT molecular complexity index is 1510. The number of benzene rings is 3. The van der Waals surface area contributed by atoms with Crippen molar-refractivity contribution in [2.24, 2.45) is 0 Å². The Kier molecular flexibility index (Phi) is 6.63. The predicted octanol–water partition coefficient (Wildman–Crippen LogP) is 6.85. The summed E-state index contributed by atoms with van der Waals surface area (Å²) in [6.45, 7) is 7.06. The van der Waals surface area contributed by atoms with E-state index in [0.717, 1.165) is 16.8 Å². The van der Waals surface area contributed by atoms with Gasteiger partial charge in [0, 0.05) is 34.6 Å². The van der Waals surface area contributed by atoms with Crippen molar-refractivity contribution in [1.82, 2.24) is 19.7 Å². The fourth-order valence-electron chi connectivity index (χ4n) is 3.83. The van der Waals surface area contributed by atoms with E-state index in [1.807, 2.05) is 71.4 Å². The molecule has 0 spiro atoms. The Hall–Kier alpha value is -4.23. The van der Waals surface area contributed by atoms with Crippen LogP contribution in [-0.2, 0) is 12.0 Å². The van der Waals surface area contributed by atoms with Gasteiger partial charge >= 0.3 is 0 Å². The molecule has 5 aromatic rings. The van der Waals surface area contributed by atoms with Gasteiger partial charge in [-0.3, -0.25) is 4.79 Å². The first-order valence-corrected chi connectivity index (χ1v) is 12.2. The smallest absolute Gasteiger partial charge is 0.278 e. The Morgan fingerprint density at radius 2 is 1.68 bits per heavy atom. The largest absolute Gasteiger partial charge is 0.332 e. The molecule has 0 atom stereocenters. The lowest BCUT2D eigenvalue weighted by Crippen LogP contribution is -2.14. The summed E-state index contributed by atoms with van der Waals surface area (Å²) in [6, 6.07) is 22.7. The summed E-state index contributed by atoms with van der Waals surface area (Å²) >= 11 is 5.95. The number of hydrogen-bond donors (Lipinski definition) is 1. The molecule has 0 fully saturated rings. The van der Waals surface area contributed by atoms with Gasteiger partial charge < -0.3 is 14.4 Å². The fraction of sp³-hybridized carbons (Fsp3) is 0.172. The van der Waals surface area contributed by atoms with Gasteiger partial charge in [0.05, 0.1) is 6.33 Å². The van der Waals surface area contributed by atoms with Gasteiger partial charge in [0.15, 0.2) is 0 Å². The zero-order valence-corrected chi connectivity index (χ0v) is 21.5. The van der Waals surface area contributed by atoms with Crippen molar-refractivity contribution in [3.05, 3.63) is 107 Å². The molecule has 0 unspecified atom stereocenters. The van der Waals surface area contributed by atoms with Crippen LogP contribution in [0, 0.1) is 0 Å². The van der Waals surface area contributed by atoms with Gasteiger partial charge in [-0.2, -0.15) is 4.98 Å². The standard InChI is InChI=1S/C29H26ClN5O2/c1-29(2,3)22-10-6-21(7-11-22)27(36)32-24-14-4-19(5-15-24)16-35-17-25(31-18-35)28-33-26(34-37-28)20-8-12-23(30)13-9-20/h4-15,17-18H,16H2,1-3H3,(H,32,36). The predicted molar refractivity (Wildman–Crippen MR) is 145 cm³/mol. The van der Waals surface area contributed by atoms with Crippen molar-refractivity contribution in [2.75, 3.05) is 5.32 Å². The molecule has 2 heterocycles. The highest BCUT2D eigenvalue weighted by molar-refractivity contribution is 6.30. The summed E-state index contributed by atoms with van der Waals surface area (Å²) in [4.78, 5) is 21.5. The molecule has 0 aliphatic rings. The van der Waals surface area contributed by atoms with Crippen LogP contribution < -0.4 is 5.32 Å². The second-order valence-corrected chi connectivity index (χ2v) is 10.3. The lowest BCUT2D eigenvalue weighted by atomic mass is 9.87. The minimum atomic E-state index is -0.134. The maximum atomic E-state index is 12.6. The van der Waals surface area contributed by atoms with E-state index in [-0.39, 0.29) is 11.3 Å². The molecule has 0 aliphatic carbocycles. The topological polar surface area (TPSA) is 85.8 Å². The number of hydrogen-bond acceptors (Lipinski definition) is 5. The van der Waals surface area contributed by atoms with Crippen LogP contribution in [0.5, 0.6) is 0 Å². The number of anilines is 1.